The molecular formula is C25H15NO4. The van der Waals surface area contributed by atoms with Crippen molar-refractivity contribution in [3.05, 3.63) is 106 Å². The Kier molecular flexibility index (Phi) is 3.86. The smallest absolute Gasteiger partial charge is 0.196 e. The fourth-order valence-electron chi connectivity index (χ4n) is 4.06. The van der Waals surface area contributed by atoms with Gasteiger partial charge in [0.2, 0.25) is 0 Å². The highest BCUT2D eigenvalue weighted by atomic mass is 16.1. The van der Waals surface area contributed by atoms with E-state index in [1.54, 1.807) is 72.3 Å². The van der Waals surface area contributed by atoms with Gasteiger partial charge in [0.1, 0.15) is 0 Å². The van der Waals surface area contributed by atoms with Crippen molar-refractivity contribution in [2.75, 3.05) is 0 Å². The zero-order valence-electron chi connectivity index (χ0n) is 16.0. The van der Waals surface area contributed by atoms with Gasteiger partial charge in [-0.3, -0.25) is 19.2 Å². The molecule has 0 aliphatic heterocycles. The summed E-state index contributed by atoms with van der Waals surface area (Å²) in [4.78, 5) is 51.1. The molecule has 2 aromatic carbocycles. The van der Waals surface area contributed by atoms with Crippen LogP contribution in [0, 0.1) is 0 Å². The molecule has 0 N–H and O–H groups in total. The Balaban J connectivity index is 1.60. The van der Waals surface area contributed by atoms with Gasteiger partial charge in [-0.1, -0.05) is 48.5 Å². The van der Waals surface area contributed by atoms with Crippen molar-refractivity contribution in [3.8, 4) is 0 Å². The lowest BCUT2D eigenvalue weighted by molar-refractivity contribution is 0.100. The SMILES string of the molecule is Cn1c(C2=CC(=O)c3ccccc3C2=O)ccc1C1=CC(=O)c2ccccc2C1=O. The molecule has 1 heterocycles. The number of benzene rings is 2. The highest BCUT2D eigenvalue weighted by Crippen LogP contribution is 2.32. The molecule has 5 rings (SSSR count). The van der Waals surface area contributed by atoms with E-state index in [1.165, 1.54) is 12.2 Å². The van der Waals surface area contributed by atoms with Gasteiger partial charge in [-0.25, -0.2) is 0 Å². The van der Waals surface area contributed by atoms with Crippen molar-refractivity contribution in [2.24, 2.45) is 7.05 Å². The first-order valence-electron chi connectivity index (χ1n) is 9.43. The summed E-state index contributed by atoms with van der Waals surface area (Å²) in [6.45, 7) is 0. The molecule has 1 aromatic heterocycles. The summed E-state index contributed by atoms with van der Waals surface area (Å²) >= 11 is 0. The van der Waals surface area contributed by atoms with Crippen LogP contribution in [0.5, 0.6) is 0 Å². The molecular weight excluding hydrogens is 378 g/mol. The van der Waals surface area contributed by atoms with E-state index < -0.39 is 0 Å². The van der Waals surface area contributed by atoms with Gasteiger partial charge in [0.05, 0.1) is 22.5 Å². The van der Waals surface area contributed by atoms with E-state index >= 15 is 0 Å². The number of hydrogen-bond acceptors (Lipinski definition) is 4. The van der Waals surface area contributed by atoms with Crippen LogP contribution in [-0.2, 0) is 7.05 Å². The van der Waals surface area contributed by atoms with E-state index in [4.69, 9.17) is 0 Å². The van der Waals surface area contributed by atoms with Crippen LogP contribution in [0.1, 0.15) is 52.8 Å². The summed E-state index contributed by atoms with van der Waals surface area (Å²) in [5.41, 5.74) is 3.04. The number of carbonyl (C=O) groups is 4. The summed E-state index contributed by atoms with van der Waals surface area (Å²) in [7, 11) is 1.71. The molecule has 0 unspecified atom stereocenters. The van der Waals surface area contributed by atoms with Crippen LogP contribution in [-0.4, -0.2) is 27.7 Å². The second-order valence-electron chi connectivity index (χ2n) is 7.26. The van der Waals surface area contributed by atoms with Crippen molar-refractivity contribution in [1.82, 2.24) is 4.57 Å². The van der Waals surface area contributed by atoms with E-state index in [2.05, 4.69) is 0 Å². The maximum Gasteiger partial charge on any atom is 0.196 e. The number of aromatic nitrogens is 1. The molecule has 3 aromatic rings. The minimum absolute atomic E-state index is 0.236. The first kappa shape index (κ1) is 17.9. The van der Waals surface area contributed by atoms with Crippen molar-refractivity contribution < 1.29 is 19.2 Å². The summed E-state index contributed by atoms with van der Waals surface area (Å²) in [6, 6.07) is 16.8. The van der Waals surface area contributed by atoms with Gasteiger partial charge in [0.25, 0.3) is 0 Å². The molecule has 0 fully saturated rings. The van der Waals surface area contributed by atoms with Crippen molar-refractivity contribution >= 4 is 34.3 Å². The van der Waals surface area contributed by atoms with Gasteiger partial charge < -0.3 is 4.57 Å². The summed E-state index contributed by atoms with van der Waals surface area (Å²) in [6.07, 6.45) is 2.67. The molecule has 2 aliphatic rings. The lowest BCUT2D eigenvalue weighted by atomic mass is 9.88. The summed E-state index contributed by atoms with van der Waals surface area (Å²) < 4.78 is 1.68. The van der Waals surface area contributed by atoms with Crippen LogP contribution in [0.25, 0.3) is 11.1 Å². The van der Waals surface area contributed by atoms with Crippen LogP contribution in [0.2, 0.25) is 0 Å². The molecule has 0 bridgehead atoms. The highest BCUT2D eigenvalue weighted by molar-refractivity contribution is 6.40. The summed E-state index contributed by atoms with van der Waals surface area (Å²) in [5.74, 6) is -0.966. The number of ketones is 4. The largest absolute Gasteiger partial charge is 0.343 e. The maximum atomic E-state index is 13.0. The predicted octanol–water partition coefficient (Wildman–Crippen LogP) is 3.95. The normalized spacial score (nSPS) is 15.5. The number of nitrogens with zero attached hydrogens (tertiary/aromatic N) is 1. The van der Waals surface area contributed by atoms with Gasteiger partial charge in [0, 0.05) is 29.3 Å². The quantitative estimate of drug-likeness (QED) is 0.661. The van der Waals surface area contributed by atoms with Gasteiger partial charge in [0.15, 0.2) is 23.1 Å². The van der Waals surface area contributed by atoms with E-state index in [0.29, 0.717) is 33.6 Å². The molecule has 0 saturated carbocycles. The number of rotatable bonds is 2. The van der Waals surface area contributed by atoms with Crippen LogP contribution in [0.15, 0.2) is 72.8 Å². The molecule has 0 atom stereocenters. The molecule has 30 heavy (non-hydrogen) atoms. The highest BCUT2D eigenvalue weighted by Gasteiger charge is 2.31. The number of allylic oxidation sites excluding steroid dienone is 4. The fraction of sp³-hybridized carbons (Fsp3) is 0.0400. The molecule has 144 valence electrons. The number of fused-ring (bicyclic) bond motifs is 2. The zero-order chi connectivity index (χ0) is 21.0. The average Bonchev–Trinajstić information content (AvgIpc) is 3.14. The Morgan fingerprint density at radius 2 is 0.900 bits per heavy atom. The molecule has 5 heteroatoms. The first-order chi connectivity index (χ1) is 14.5. The molecule has 2 aliphatic carbocycles. The standard InChI is InChI=1S/C25H15NO4/c1-26-20(18-12-22(27)14-6-2-4-8-16(14)24(18)29)10-11-21(26)19-13-23(28)15-7-3-5-9-17(15)25(19)30/h2-13H,1H3. The lowest BCUT2D eigenvalue weighted by Gasteiger charge is -2.18. The second-order valence-corrected chi connectivity index (χ2v) is 7.26. The Bertz CT molecular complexity index is 1260. The number of hydrogen-bond donors (Lipinski definition) is 0. The lowest BCUT2D eigenvalue weighted by Crippen LogP contribution is -2.19. The maximum absolute atomic E-state index is 13.0. The van der Waals surface area contributed by atoms with E-state index in [9.17, 15) is 19.2 Å². The first-order valence-corrected chi connectivity index (χ1v) is 9.43. The minimum atomic E-state index is -0.247. The molecule has 0 amide bonds. The Hall–Kier alpha value is -4.12. The van der Waals surface area contributed by atoms with E-state index in [-0.39, 0.29) is 34.3 Å². The van der Waals surface area contributed by atoms with Crippen molar-refractivity contribution in [1.29, 1.82) is 0 Å². The van der Waals surface area contributed by atoms with Gasteiger partial charge in [-0.2, -0.15) is 0 Å². The zero-order valence-corrected chi connectivity index (χ0v) is 16.0. The number of carbonyl (C=O) groups excluding carboxylic acids is 4. The third kappa shape index (κ3) is 2.49. The number of Topliss-reactive ketones (excluding diaryl/α,β-unsaturated/α-hetero) is 2. The van der Waals surface area contributed by atoms with Crippen LogP contribution < -0.4 is 0 Å². The van der Waals surface area contributed by atoms with Gasteiger partial charge in [-0.05, 0) is 24.3 Å². The summed E-state index contributed by atoms with van der Waals surface area (Å²) in [5, 5.41) is 0. The van der Waals surface area contributed by atoms with Crippen molar-refractivity contribution in [3.63, 3.8) is 0 Å². The van der Waals surface area contributed by atoms with E-state index in [0.717, 1.165) is 0 Å². The third-order valence-electron chi connectivity index (χ3n) is 5.59. The molecule has 0 radical (unpaired) electrons. The average molecular weight is 393 g/mol. The van der Waals surface area contributed by atoms with Crippen LogP contribution >= 0.6 is 0 Å². The molecule has 0 spiro atoms. The van der Waals surface area contributed by atoms with Crippen LogP contribution in [0.3, 0.4) is 0 Å². The fourth-order valence-corrected chi connectivity index (χ4v) is 4.06. The topological polar surface area (TPSA) is 73.2 Å². The molecule has 0 saturated heterocycles. The Labute approximate surface area is 172 Å². The Morgan fingerprint density at radius 1 is 0.533 bits per heavy atom. The third-order valence-corrected chi connectivity index (χ3v) is 5.59. The molecule has 5 nitrogen and oxygen atoms in total. The van der Waals surface area contributed by atoms with Gasteiger partial charge in [-0.15, -0.1) is 0 Å². The second kappa shape index (κ2) is 6.46. The minimum Gasteiger partial charge on any atom is -0.343 e. The van der Waals surface area contributed by atoms with Crippen molar-refractivity contribution in [2.45, 2.75) is 0 Å². The Morgan fingerprint density at radius 3 is 1.30 bits per heavy atom. The van der Waals surface area contributed by atoms with Gasteiger partial charge >= 0.3 is 0 Å². The predicted molar refractivity (Wildman–Crippen MR) is 112 cm³/mol. The van der Waals surface area contributed by atoms with E-state index in [1.807, 2.05) is 0 Å². The van der Waals surface area contributed by atoms with Crippen LogP contribution in [0.4, 0.5) is 0 Å². The monoisotopic (exact) mass is 393 g/mol.